The number of amides is 2. The molecule has 0 aliphatic rings. The third-order valence-electron chi connectivity index (χ3n) is 4.66. The van der Waals surface area contributed by atoms with Gasteiger partial charge in [-0.15, -0.1) is 3.89 Å². The molecule has 0 atom stereocenters. The number of hydrogen-bond acceptors (Lipinski definition) is 8. The number of nitrogens with two attached hydrogens (primary N) is 1. The van der Waals surface area contributed by atoms with Crippen molar-refractivity contribution in [1.82, 2.24) is 24.8 Å². The highest BCUT2D eigenvalue weighted by Crippen LogP contribution is 2.26. The van der Waals surface area contributed by atoms with Gasteiger partial charge in [0.2, 0.25) is 5.95 Å². The maximum atomic E-state index is 13.1. The minimum atomic E-state index is -4.94. The van der Waals surface area contributed by atoms with Crippen molar-refractivity contribution in [3.8, 4) is 11.4 Å². The molecule has 0 fully saturated rings. The minimum Gasteiger partial charge on any atom is -0.492 e. The summed E-state index contributed by atoms with van der Waals surface area (Å²) >= 11 is 5.91. The molecule has 0 spiro atoms. The van der Waals surface area contributed by atoms with Gasteiger partial charge in [-0.2, -0.15) is 13.4 Å². The zero-order valence-corrected chi connectivity index (χ0v) is 19.2. The highest BCUT2D eigenvalue weighted by molar-refractivity contribution is 7.86. The summed E-state index contributed by atoms with van der Waals surface area (Å²) in [5.41, 5.74) is 6.24. The van der Waals surface area contributed by atoms with Crippen molar-refractivity contribution in [2.45, 2.75) is 4.90 Å². The van der Waals surface area contributed by atoms with Crippen molar-refractivity contribution in [2.75, 3.05) is 24.2 Å². The van der Waals surface area contributed by atoms with E-state index in [1.165, 1.54) is 6.33 Å². The SMILES string of the molecule is Nc1nc2c(ncn2-c2ccc(OCCNC(=O)Nc3cc(S(=O)(=O)F)ccc3Cl)cc2)c(=O)[nH]1. The number of imidazole rings is 1. The third kappa shape index (κ3) is 5.50. The second kappa shape index (κ2) is 9.60. The lowest BCUT2D eigenvalue weighted by molar-refractivity contribution is 0.247. The summed E-state index contributed by atoms with van der Waals surface area (Å²) in [6, 6.07) is 9.19. The number of nitrogen functional groups attached to an aromatic ring is 1. The topological polar surface area (TPSA) is 174 Å². The Morgan fingerprint density at radius 3 is 2.69 bits per heavy atom. The van der Waals surface area contributed by atoms with E-state index in [1.807, 2.05) is 0 Å². The number of hydrogen-bond donors (Lipinski definition) is 4. The number of halogens is 2. The summed E-state index contributed by atoms with van der Waals surface area (Å²) in [6.07, 6.45) is 1.45. The molecule has 2 amide bonds. The summed E-state index contributed by atoms with van der Waals surface area (Å²) in [5, 5.41) is 4.90. The molecule has 0 radical (unpaired) electrons. The second-order valence-electron chi connectivity index (χ2n) is 7.04. The number of nitrogens with one attached hydrogen (secondary N) is 3. The van der Waals surface area contributed by atoms with Gasteiger partial charge >= 0.3 is 16.3 Å². The fraction of sp³-hybridized carbons (Fsp3) is 0.100. The van der Waals surface area contributed by atoms with Crippen molar-refractivity contribution in [2.24, 2.45) is 0 Å². The molecular formula is C20H17ClFN7O5S. The molecule has 5 N–H and O–H groups in total. The molecule has 182 valence electrons. The van der Waals surface area contributed by atoms with E-state index in [9.17, 15) is 21.9 Å². The first kappa shape index (κ1) is 24.0. The van der Waals surface area contributed by atoms with Crippen LogP contribution in [0.2, 0.25) is 5.02 Å². The van der Waals surface area contributed by atoms with Gasteiger partial charge in [0.1, 0.15) is 23.6 Å². The minimum absolute atomic E-state index is 0.0248. The standard InChI is InChI=1S/C20H17ClFN7O5S/c21-14-6-5-13(35(22,32)33)9-15(14)26-20(31)24-7-8-34-12-3-1-11(2-4-12)29-10-25-16-17(29)27-19(23)28-18(16)30/h1-6,9-10H,7-8H2,(H2,24,26,31)(H3,23,27,28,30). The Balaban J connectivity index is 1.32. The highest BCUT2D eigenvalue weighted by Gasteiger charge is 2.15. The van der Waals surface area contributed by atoms with Gasteiger partial charge in [0, 0.05) is 5.69 Å². The molecule has 12 nitrogen and oxygen atoms in total. The summed E-state index contributed by atoms with van der Waals surface area (Å²) in [6.45, 7) is 0.214. The molecule has 2 heterocycles. The molecule has 2 aromatic heterocycles. The van der Waals surface area contributed by atoms with Crippen LogP contribution in [0.25, 0.3) is 16.9 Å². The largest absolute Gasteiger partial charge is 0.492 e. The van der Waals surface area contributed by atoms with E-state index in [1.54, 1.807) is 28.8 Å². The normalized spacial score (nSPS) is 11.4. The van der Waals surface area contributed by atoms with E-state index in [-0.39, 0.29) is 35.3 Å². The number of nitrogens with zero attached hydrogens (tertiary/aromatic N) is 3. The number of urea groups is 1. The number of aromatic amines is 1. The van der Waals surface area contributed by atoms with Crippen LogP contribution in [-0.2, 0) is 10.2 Å². The van der Waals surface area contributed by atoms with E-state index >= 15 is 0 Å². The molecule has 0 bridgehead atoms. The second-order valence-corrected chi connectivity index (χ2v) is 8.80. The van der Waals surface area contributed by atoms with Gasteiger partial charge < -0.3 is 21.1 Å². The van der Waals surface area contributed by atoms with Gasteiger partial charge in [0.05, 0.1) is 17.3 Å². The molecule has 15 heteroatoms. The molecule has 0 saturated carbocycles. The van der Waals surface area contributed by atoms with Crippen molar-refractivity contribution in [3.63, 3.8) is 0 Å². The fourth-order valence-corrected chi connectivity index (χ4v) is 3.72. The molecule has 0 unspecified atom stereocenters. The Morgan fingerprint density at radius 1 is 1.23 bits per heavy atom. The quantitative estimate of drug-likeness (QED) is 0.211. The number of H-pyrrole nitrogens is 1. The first-order valence-electron chi connectivity index (χ1n) is 9.87. The van der Waals surface area contributed by atoms with Crippen LogP contribution in [0, 0.1) is 0 Å². The third-order valence-corrected chi connectivity index (χ3v) is 5.81. The number of carbonyl (C=O) groups is 1. The maximum Gasteiger partial charge on any atom is 0.332 e. The van der Waals surface area contributed by atoms with E-state index in [0.29, 0.717) is 17.1 Å². The van der Waals surface area contributed by atoms with Gasteiger partial charge in [-0.3, -0.25) is 14.3 Å². The number of carbonyl (C=O) groups excluding carboxylic acids is 1. The highest BCUT2D eigenvalue weighted by atomic mass is 35.5. The van der Waals surface area contributed by atoms with E-state index in [4.69, 9.17) is 22.1 Å². The molecule has 0 saturated heterocycles. The zero-order chi connectivity index (χ0) is 25.2. The van der Waals surface area contributed by atoms with Crippen molar-refractivity contribution >= 4 is 50.7 Å². The lowest BCUT2D eigenvalue weighted by Gasteiger charge is -2.11. The van der Waals surface area contributed by atoms with Crippen molar-refractivity contribution in [3.05, 3.63) is 64.2 Å². The van der Waals surface area contributed by atoms with Crippen LogP contribution < -0.4 is 26.7 Å². The molecule has 0 aliphatic heterocycles. The predicted octanol–water partition coefficient (Wildman–Crippen LogP) is 2.20. The van der Waals surface area contributed by atoms with Crippen LogP contribution in [0.15, 0.2) is 58.5 Å². The maximum absolute atomic E-state index is 13.1. The molecule has 2 aromatic carbocycles. The lowest BCUT2D eigenvalue weighted by atomic mass is 10.3. The number of fused-ring (bicyclic) bond motifs is 1. The predicted molar refractivity (Wildman–Crippen MR) is 126 cm³/mol. The van der Waals surface area contributed by atoms with Gasteiger partial charge in [0.15, 0.2) is 11.2 Å². The number of aromatic nitrogens is 4. The van der Waals surface area contributed by atoms with Crippen LogP contribution in [0.5, 0.6) is 5.75 Å². The summed E-state index contributed by atoms with van der Waals surface area (Å²) in [5.74, 6) is 0.484. The van der Waals surface area contributed by atoms with Crippen LogP contribution in [-0.4, -0.2) is 47.1 Å². The van der Waals surface area contributed by atoms with Crippen LogP contribution in [0.1, 0.15) is 0 Å². The van der Waals surface area contributed by atoms with Crippen LogP contribution >= 0.6 is 11.6 Å². The van der Waals surface area contributed by atoms with Gasteiger partial charge in [-0.05, 0) is 42.5 Å². The number of anilines is 2. The zero-order valence-electron chi connectivity index (χ0n) is 17.7. The lowest BCUT2D eigenvalue weighted by Crippen LogP contribution is -2.32. The molecule has 4 aromatic rings. The monoisotopic (exact) mass is 521 g/mol. The van der Waals surface area contributed by atoms with Crippen LogP contribution in [0.4, 0.5) is 20.3 Å². The van der Waals surface area contributed by atoms with Gasteiger partial charge in [-0.1, -0.05) is 11.6 Å². The summed E-state index contributed by atoms with van der Waals surface area (Å²) in [7, 11) is -4.94. The Kier molecular flexibility index (Phi) is 6.57. The van der Waals surface area contributed by atoms with Crippen LogP contribution in [0.3, 0.4) is 0 Å². The van der Waals surface area contributed by atoms with Crippen molar-refractivity contribution < 1.29 is 21.8 Å². The molecule has 0 aliphatic carbocycles. The fourth-order valence-electron chi connectivity index (χ4n) is 3.07. The van der Waals surface area contributed by atoms with E-state index < -0.39 is 26.7 Å². The Morgan fingerprint density at radius 2 is 1.97 bits per heavy atom. The first-order chi connectivity index (χ1) is 16.6. The van der Waals surface area contributed by atoms with Crippen molar-refractivity contribution in [1.29, 1.82) is 0 Å². The molecule has 35 heavy (non-hydrogen) atoms. The number of benzene rings is 2. The Bertz CT molecular complexity index is 1570. The number of ether oxygens (including phenoxy) is 1. The summed E-state index contributed by atoms with van der Waals surface area (Å²) in [4.78, 5) is 33.9. The van der Waals surface area contributed by atoms with E-state index in [2.05, 4.69) is 25.6 Å². The average Bonchev–Trinajstić information content (AvgIpc) is 3.22. The summed E-state index contributed by atoms with van der Waals surface area (Å²) < 4.78 is 42.4. The number of rotatable bonds is 7. The molecule has 4 rings (SSSR count). The first-order valence-corrected chi connectivity index (χ1v) is 11.6. The van der Waals surface area contributed by atoms with E-state index in [0.717, 1.165) is 18.2 Å². The molecular weight excluding hydrogens is 505 g/mol. The van der Waals surface area contributed by atoms with Gasteiger partial charge in [0.25, 0.3) is 5.56 Å². The average molecular weight is 522 g/mol. The Hall–Kier alpha value is -4.17. The smallest absolute Gasteiger partial charge is 0.332 e. The van der Waals surface area contributed by atoms with Gasteiger partial charge in [-0.25, -0.2) is 9.78 Å². The Labute approximate surface area is 202 Å².